The van der Waals surface area contributed by atoms with E-state index in [1.807, 2.05) is 67.6 Å². The lowest BCUT2D eigenvalue weighted by Gasteiger charge is -2.17. The van der Waals surface area contributed by atoms with Crippen LogP contribution >= 0.6 is 0 Å². The summed E-state index contributed by atoms with van der Waals surface area (Å²) in [4.78, 5) is 23.2. The van der Waals surface area contributed by atoms with Crippen molar-refractivity contribution < 1.29 is 4.79 Å². The van der Waals surface area contributed by atoms with E-state index >= 15 is 0 Å². The van der Waals surface area contributed by atoms with Crippen molar-refractivity contribution in [1.82, 2.24) is 14.9 Å². The van der Waals surface area contributed by atoms with Gasteiger partial charge in [0.15, 0.2) is 0 Å². The Kier molecular flexibility index (Phi) is 5.59. The number of nitrogens with zero attached hydrogens (tertiary/aromatic N) is 3. The molecule has 0 saturated heterocycles. The standard InChI is InChI=1S/C21H22N4O/c1-16-13-19(20(26)25(2)15-18-11-7-4-8-12-18)24-21(23-16)22-14-17-9-5-3-6-10-17/h3-13H,14-15H2,1-2H3,(H,22,23,24). The Hall–Kier alpha value is -3.21. The SMILES string of the molecule is Cc1cc(C(=O)N(C)Cc2ccccc2)nc(NCc2ccccc2)n1. The van der Waals surface area contributed by atoms with Gasteiger partial charge in [0.05, 0.1) is 0 Å². The number of aryl methyl sites for hydroxylation is 1. The van der Waals surface area contributed by atoms with E-state index in [1.54, 1.807) is 18.0 Å². The third-order valence-electron chi connectivity index (χ3n) is 3.98. The first-order chi connectivity index (χ1) is 12.6. The van der Waals surface area contributed by atoms with Crippen LogP contribution in [-0.2, 0) is 13.1 Å². The molecule has 0 aliphatic heterocycles. The number of anilines is 1. The maximum Gasteiger partial charge on any atom is 0.272 e. The minimum Gasteiger partial charge on any atom is -0.350 e. The zero-order valence-corrected chi connectivity index (χ0v) is 15.0. The largest absolute Gasteiger partial charge is 0.350 e. The predicted molar refractivity (Wildman–Crippen MR) is 103 cm³/mol. The Morgan fingerprint density at radius 1 is 0.962 bits per heavy atom. The van der Waals surface area contributed by atoms with E-state index in [9.17, 15) is 4.79 Å². The van der Waals surface area contributed by atoms with Gasteiger partial charge < -0.3 is 10.2 Å². The van der Waals surface area contributed by atoms with Crippen LogP contribution < -0.4 is 5.32 Å². The van der Waals surface area contributed by atoms with Crippen molar-refractivity contribution in [3.63, 3.8) is 0 Å². The monoisotopic (exact) mass is 346 g/mol. The molecule has 0 unspecified atom stereocenters. The van der Waals surface area contributed by atoms with Gasteiger partial charge in [0.1, 0.15) is 5.69 Å². The lowest BCUT2D eigenvalue weighted by atomic mass is 10.2. The third-order valence-corrected chi connectivity index (χ3v) is 3.98. The van der Waals surface area contributed by atoms with Crippen molar-refractivity contribution >= 4 is 11.9 Å². The van der Waals surface area contributed by atoms with Gasteiger partial charge >= 0.3 is 0 Å². The molecule has 0 aliphatic carbocycles. The van der Waals surface area contributed by atoms with Crippen LogP contribution in [0.2, 0.25) is 0 Å². The highest BCUT2D eigenvalue weighted by Gasteiger charge is 2.15. The molecule has 0 atom stereocenters. The first kappa shape index (κ1) is 17.6. The molecule has 1 aromatic heterocycles. The van der Waals surface area contributed by atoms with Crippen molar-refractivity contribution in [3.8, 4) is 0 Å². The van der Waals surface area contributed by atoms with Crippen molar-refractivity contribution in [2.75, 3.05) is 12.4 Å². The zero-order chi connectivity index (χ0) is 18.4. The molecule has 5 heteroatoms. The van der Waals surface area contributed by atoms with Gasteiger partial charge in [-0.05, 0) is 24.1 Å². The van der Waals surface area contributed by atoms with E-state index in [2.05, 4.69) is 15.3 Å². The summed E-state index contributed by atoms with van der Waals surface area (Å²) < 4.78 is 0. The van der Waals surface area contributed by atoms with Gasteiger partial charge in [0, 0.05) is 25.8 Å². The first-order valence-electron chi connectivity index (χ1n) is 8.54. The summed E-state index contributed by atoms with van der Waals surface area (Å²) in [5, 5.41) is 3.19. The minimum atomic E-state index is -0.123. The van der Waals surface area contributed by atoms with Crippen LogP contribution in [0.3, 0.4) is 0 Å². The average Bonchev–Trinajstić information content (AvgIpc) is 2.67. The fourth-order valence-corrected chi connectivity index (χ4v) is 2.66. The molecular weight excluding hydrogens is 324 g/mol. The zero-order valence-electron chi connectivity index (χ0n) is 15.0. The Balaban J connectivity index is 1.70. The third kappa shape index (κ3) is 4.66. The van der Waals surface area contributed by atoms with E-state index in [0.717, 1.165) is 16.8 Å². The second kappa shape index (κ2) is 8.25. The molecule has 1 amide bonds. The first-order valence-corrected chi connectivity index (χ1v) is 8.54. The molecule has 26 heavy (non-hydrogen) atoms. The minimum absolute atomic E-state index is 0.123. The Bertz CT molecular complexity index is 866. The van der Waals surface area contributed by atoms with Crippen molar-refractivity contribution in [1.29, 1.82) is 0 Å². The molecule has 0 spiro atoms. The molecule has 132 valence electrons. The molecule has 0 aliphatic rings. The Morgan fingerprint density at radius 2 is 1.58 bits per heavy atom. The van der Waals surface area contributed by atoms with Gasteiger partial charge in [-0.15, -0.1) is 0 Å². The van der Waals surface area contributed by atoms with Gasteiger partial charge in [-0.1, -0.05) is 60.7 Å². The van der Waals surface area contributed by atoms with Crippen LogP contribution in [0.4, 0.5) is 5.95 Å². The molecule has 0 fully saturated rings. The molecule has 2 aromatic carbocycles. The van der Waals surface area contributed by atoms with Crippen LogP contribution in [0.5, 0.6) is 0 Å². The maximum absolute atomic E-state index is 12.7. The number of hydrogen-bond acceptors (Lipinski definition) is 4. The van der Waals surface area contributed by atoms with Gasteiger partial charge in [0.25, 0.3) is 5.91 Å². The second-order valence-corrected chi connectivity index (χ2v) is 6.20. The summed E-state index contributed by atoms with van der Waals surface area (Å²) >= 11 is 0. The highest BCUT2D eigenvalue weighted by molar-refractivity contribution is 5.92. The molecule has 3 aromatic rings. The molecule has 3 rings (SSSR count). The van der Waals surface area contributed by atoms with Crippen molar-refractivity contribution in [2.45, 2.75) is 20.0 Å². The topological polar surface area (TPSA) is 58.1 Å². The van der Waals surface area contributed by atoms with E-state index in [-0.39, 0.29) is 5.91 Å². The van der Waals surface area contributed by atoms with Crippen LogP contribution in [0, 0.1) is 6.92 Å². The number of rotatable bonds is 6. The normalized spacial score (nSPS) is 10.4. The smallest absolute Gasteiger partial charge is 0.272 e. The summed E-state index contributed by atoms with van der Waals surface area (Å²) in [7, 11) is 1.78. The van der Waals surface area contributed by atoms with Crippen LogP contribution in [-0.4, -0.2) is 27.8 Å². The number of carbonyl (C=O) groups is 1. The van der Waals surface area contributed by atoms with Gasteiger partial charge in [0.2, 0.25) is 5.95 Å². The van der Waals surface area contributed by atoms with Gasteiger partial charge in [-0.2, -0.15) is 0 Å². The maximum atomic E-state index is 12.7. The van der Waals surface area contributed by atoms with Gasteiger partial charge in [-0.25, -0.2) is 9.97 Å². The summed E-state index contributed by atoms with van der Waals surface area (Å²) in [6.07, 6.45) is 0. The number of benzene rings is 2. The van der Waals surface area contributed by atoms with Crippen LogP contribution in [0.25, 0.3) is 0 Å². The van der Waals surface area contributed by atoms with Gasteiger partial charge in [-0.3, -0.25) is 4.79 Å². The lowest BCUT2D eigenvalue weighted by Crippen LogP contribution is -2.27. The summed E-state index contributed by atoms with van der Waals surface area (Å²) in [5.41, 5.74) is 3.36. The fraction of sp³-hybridized carbons (Fsp3) is 0.190. The molecular formula is C21H22N4O. The molecule has 1 heterocycles. The number of carbonyl (C=O) groups excluding carboxylic acids is 1. The highest BCUT2D eigenvalue weighted by atomic mass is 16.2. The molecule has 0 bridgehead atoms. The summed E-state index contributed by atoms with van der Waals surface area (Å²) in [5.74, 6) is 0.340. The Labute approximate surface area is 153 Å². The highest BCUT2D eigenvalue weighted by Crippen LogP contribution is 2.11. The average molecular weight is 346 g/mol. The van der Waals surface area contributed by atoms with Crippen molar-refractivity contribution in [2.24, 2.45) is 0 Å². The number of amides is 1. The van der Waals surface area contributed by atoms with E-state index in [0.29, 0.717) is 24.7 Å². The van der Waals surface area contributed by atoms with E-state index < -0.39 is 0 Å². The number of aromatic nitrogens is 2. The van der Waals surface area contributed by atoms with E-state index in [1.165, 1.54) is 0 Å². The number of nitrogens with one attached hydrogen (secondary N) is 1. The molecule has 1 N–H and O–H groups in total. The van der Waals surface area contributed by atoms with E-state index in [4.69, 9.17) is 0 Å². The second-order valence-electron chi connectivity index (χ2n) is 6.20. The molecule has 0 saturated carbocycles. The lowest BCUT2D eigenvalue weighted by molar-refractivity contribution is 0.0779. The predicted octanol–water partition coefficient (Wildman–Crippen LogP) is 3.67. The number of hydrogen-bond donors (Lipinski definition) is 1. The van der Waals surface area contributed by atoms with Crippen molar-refractivity contribution in [3.05, 3.63) is 89.2 Å². The summed E-state index contributed by atoms with van der Waals surface area (Å²) in [6, 6.07) is 21.6. The van der Waals surface area contributed by atoms with Crippen LogP contribution in [0.1, 0.15) is 27.3 Å². The quantitative estimate of drug-likeness (QED) is 0.740. The Morgan fingerprint density at radius 3 is 2.23 bits per heavy atom. The molecule has 5 nitrogen and oxygen atoms in total. The molecule has 0 radical (unpaired) electrons. The van der Waals surface area contributed by atoms with Crippen LogP contribution in [0.15, 0.2) is 66.7 Å². The fourth-order valence-electron chi connectivity index (χ4n) is 2.66. The summed E-state index contributed by atoms with van der Waals surface area (Å²) in [6.45, 7) is 3.01.